The monoisotopic (exact) mass is 198 g/mol. The Morgan fingerprint density at radius 2 is 1.77 bits per heavy atom. The molecule has 0 amide bonds. The lowest BCUT2D eigenvalue weighted by molar-refractivity contribution is -0.291. The standard InChI is InChI=1S/C5HF5N3/c6-4(7,5(8,9)10)3-1-11-2-12-13-3/h2H. The van der Waals surface area contributed by atoms with Crippen molar-refractivity contribution >= 4 is 0 Å². The SMILES string of the molecule is FC(F)(F)C(F)(F)c1[c]ncnn1. The first-order chi connectivity index (χ1) is 5.86. The second-order valence-corrected chi connectivity index (χ2v) is 1.99. The molecule has 0 aromatic carbocycles. The minimum absolute atomic E-state index is 0.704. The third-order valence-corrected chi connectivity index (χ3v) is 1.09. The highest BCUT2D eigenvalue weighted by molar-refractivity contribution is 5.02. The van der Waals surface area contributed by atoms with Crippen LogP contribution in [-0.2, 0) is 5.92 Å². The van der Waals surface area contributed by atoms with E-state index in [1.54, 1.807) is 0 Å². The normalized spacial score (nSPS) is 13.0. The molecule has 1 radical (unpaired) electrons. The fraction of sp³-hybridized carbons (Fsp3) is 0.400. The molecule has 1 heterocycles. The molecule has 1 aromatic rings. The lowest BCUT2D eigenvalue weighted by atomic mass is 10.2. The molecule has 8 heteroatoms. The summed E-state index contributed by atoms with van der Waals surface area (Å²) in [5, 5.41) is 5.37. The van der Waals surface area contributed by atoms with Crippen LogP contribution < -0.4 is 0 Å². The highest BCUT2D eigenvalue weighted by Crippen LogP contribution is 2.42. The number of halogens is 5. The van der Waals surface area contributed by atoms with Gasteiger partial charge in [0.05, 0.1) is 0 Å². The van der Waals surface area contributed by atoms with Gasteiger partial charge in [0.15, 0.2) is 5.69 Å². The lowest BCUT2D eigenvalue weighted by Crippen LogP contribution is -2.34. The maximum Gasteiger partial charge on any atom is 0.459 e. The molecule has 0 bridgehead atoms. The van der Waals surface area contributed by atoms with E-state index in [4.69, 9.17) is 0 Å². The first kappa shape index (κ1) is 9.75. The second kappa shape index (κ2) is 2.86. The van der Waals surface area contributed by atoms with Crippen LogP contribution >= 0.6 is 0 Å². The average molecular weight is 198 g/mol. The van der Waals surface area contributed by atoms with Gasteiger partial charge in [-0.25, -0.2) is 4.98 Å². The van der Waals surface area contributed by atoms with Gasteiger partial charge in [0.1, 0.15) is 12.5 Å². The highest BCUT2D eigenvalue weighted by Gasteiger charge is 2.60. The number of hydrogen-bond acceptors (Lipinski definition) is 3. The molecule has 0 atom stereocenters. The molecule has 0 spiro atoms. The summed E-state index contributed by atoms with van der Waals surface area (Å²) in [7, 11) is 0. The van der Waals surface area contributed by atoms with Gasteiger partial charge in [-0.15, -0.1) is 10.2 Å². The Bertz CT molecular complexity index is 282. The molecule has 0 aliphatic carbocycles. The molecule has 71 valence electrons. The third kappa shape index (κ3) is 1.70. The number of aromatic nitrogens is 3. The molecule has 0 aliphatic heterocycles. The smallest absolute Gasteiger partial charge is 0.230 e. The quantitative estimate of drug-likeness (QED) is 0.639. The Morgan fingerprint density at radius 1 is 1.15 bits per heavy atom. The minimum atomic E-state index is -5.71. The van der Waals surface area contributed by atoms with Gasteiger partial charge in [0.2, 0.25) is 0 Å². The first-order valence-electron chi connectivity index (χ1n) is 2.86. The Hall–Kier alpha value is -1.34. The van der Waals surface area contributed by atoms with Gasteiger partial charge in [-0.3, -0.25) is 0 Å². The molecule has 1 aromatic heterocycles. The van der Waals surface area contributed by atoms with Gasteiger partial charge in [0.25, 0.3) is 0 Å². The summed E-state index contributed by atoms with van der Waals surface area (Å²) in [6, 6.07) is 0. The van der Waals surface area contributed by atoms with Crippen LogP contribution in [0.15, 0.2) is 6.33 Å². The van der Waals surface area contributed by atoms with Crippen molar-refractivity contribution in [2.75, 3.05) is 0 Å². The largest absolute Gasteiger partial charge is 0.459 e. The zero-order valence-corrected chi connectivity index (χ0v) is 5.81. The molecule has 13 heavy (non-hydrogen) atoms. The van der Waals surface area contributed by atoms with Crippen LogP contribution in [0.4, 0.5) is 22.0 Å². The van der Waals surface area contributed by atoms with E-state index in [1.807, 2.05) is 0 Å². The van der Waals surface area contributed by atoms with Crippen molar-refractivity contribution in [2.24, 2.45) is 0 Å². The topological polar surface area (TPSA) is 38.7 Å². The highest BCUT2D eigenvalue weighted by atomic mass is 19.4. The Balaban J connectivity index is 3.08. The van der Waals surface area contributed by atoms with Gasteiger partial charge in [0, 0.05) is 0 Å². The van der Waals surface area contributed by atoms with E-state index < -0.39 is 17.8 Å². The summed E-state index contributed by atoms with van der Waals surface area (Å²) in [5.74, 6) is -5.06. The molecule has 0 saturated carbocycles. The van der Waals surface area contributed by atoms with Crippen LogP contribution in [0.5, 0.6) is 0 Å². The molecule has 0 unspecified atom stereocenters. The van der Waals surface area contributed by atoms with Crippen molar-refractivity contribution in [1.29, 1.82) is 0 Å². The van der Waals surface area contributed by atoms with Crippen molar-refractivity contribution in [3.8, 4) is 0 Å². The Kier molecular flexibility index (Phi) is 2.14. The van der Waals surface area contributed by atoms with Crippen LogP contribution in [0.1, 0.15) is 5.69 Å². The zero-order chi connectivity index (χ0) is 10.1. The van der Waals surface area contributed by atoms with Crippen LogP contribution in [0.3, 0.4) is 0 Å². The van der Waals surface area contributed by atoms with E-state index in [0.29, 0.717) is 6.33 Å². The first-order valence-corrected chi connectivity index (χ1v) is 2.86. The minimum Gasteiger partial charge on any atom is -0.230 e. The lowest BCUT2D eigenvalue weighted by Gasteiger charge is -2.16. The van der Waals surface area contributed by atoms with Crippen LogP contribution in [0.2, 0.25) is 0 Å². The molecule has 0 aliphatic rings. The van der Waals surface area contributed by atoms with Crippen LogP contribution in [0.25, 0.3) is 0 Å². The number of alkyl halides is 5. The van der Waals surface area contributed by atoms with Crippen molar-refractivity contribution < 1.29 is 22.0 Å². The molecule has 0 fully saturated rings. The summed E-state index contributed by atoms with van der Waals surface area (Å²) in [6.45, 7) is 0. The fourth-order valence-corrected chi connectivity index (χ4v) is 0.489. The summed E-state index contributed by atoms with van der Waals surface area (Å²) < 4.78 is 59.7. The van der Waals surface area contributed by atoms with E-state index in [1.165, 1.54) is 6.20 Å². The Labute approximate surface area is 68.6 Å². The summed E-state index contributed by atoms with van der Waals surface area (Å²) in [5.41, 5.74) is -1.64. The van der Waals surface area contributed by atoms with Gasteiger partial charge in [-0.1, -0.05) is 0 Å². The number of nitrogens with zero attached hydrogens (tertiary/aromatic N) is 3. The second-order valence-electron chi connectivity index (χ2n) is 1.99. The van der Waals surface area contributed by atoms with Gasteiger partial charge in [-0.2, -0.15) is 22.0 Å². The molecular weight excluding hydrogens is 197 g/mol. The van der Waals surface area contributed by atoms with E-state index >= 15 is 0 Å². The maximum atomic E-state index is 12.4. The van der Waals surface area contributed by atoms with Gasteiger partial charge >= 0.3 is 12.1 Å². The molecule has 0 N–H and O–H groups in total. The van der Waals surface area contributed by atoms with Crippen molar-refractivity contribution in [2.45, 2.75) is 12.1 Å². The summed E-state index contributed by atoms with van der Waals surface area (Å²) in [6.07, 6.45) is -3.58. The summed E-state index contributed by atoms with van der Waals surface area (Å²) >= 11 is 0. The molecular formula is C5HF5N3. The predicted octanol–water partition coefficient (Wildman–Crippen LogP) is 1.33. The van der Waals surface area contributed by atoms with Gasteiger partial charge in [-0.05, 0) is 0 Å². The molecule has 3 nitrogen and oxygen atoms in total. The zero-order valence-electron chi connectivity index (χ0n) is 5.81. The van der Waals surface area contributed by atoms with Crippen molar-refractivity contribution in [1.82, 2.24) is 15.2 Å². The van der Waals surface area contributed by atoms with Crippen molar-refractivity contribution in [3.63, 3.8) is 0 Å². The molecule has 1 rings (SSSR count). The predicted molar refractivity (Wildman–Crippen MR) is 28.6 cm³/mol. The average Bonchev–Trinajstić information content (AvgIpc) is 2.04. The van der Waals surface area contributed by atoms with E-state index in [2.05, 4.69) is 15.2 Å². The van der Waals surface area contributed by atoms with E-state index in [0.717, 1.165) is 0 Å². The summed E-state index contributed by atoms with van der Waals surface area (Å²) in [4.78, 5) is 2.89. The molecule has 0 saturated heterocycles. The van der Waals surface area contributed by atoms with Gasteiger partial charge < -0.3 is 0 Å². The van der Waals surface area contributed by atoms with E-state index in [9.17, 15) is 22.0 Å². The maximum absolute atomic E-state index is 12.4. The third-order valence-electron chi connectivity index (χ3n) is 1.09. The fourth-order valence-electron chi connectivity index (χ4n) is 0.489. The Morgan fingerprint density at radius 3 is 2.15 bits per heavy atom. The number of rotatable bonds is 1. The van der Waals surface area contributed by atoms with E-state index in [-0.39, 0.29) is 0 Å². The van der Waals surface area contributed by atoms with Crippen LogP contribution in [-0.4, -0.2) is 21.4 Å². The van der Waals surface area contributed by atoms with Crippen molar-refractivity contribution in [3.05, 3.63) is 18.2 Å². The number of hydrogen-bond donors (Lipinski definition) is 0. The van der Waals surface area contributed by atoms with Crippen LogP contribution in [0, 0.1) is 6.20 Å².